The molecule has 0 aromatic heterocycles. The predicted octanol–water partition coefficient (Wildman–Crippen LogP) is -1.46. The molecule has 0 unspecified atom stereocenters. The number of amides is 1. The number of hydrogen-bond acceptors (Lipinski definition) is 3. The largest absolute Gasteiger partial charge is 0.480 e. The second-order valence-corrected chi connectivity index (χ2v) is 1.10. The Labute approximate surface area is 94.0 Å². The summed E-state index contributed by atoms with van der Waals surface area (Å²) in [6.45, 7) is -0.677. The Morgan fingerprint density at radius 2 is 2.11 bits per heavy atom. The van der Waals surface area contributed by atoms with Crippen LogP contribution in [0, 0.1) is 0 Å². The maximum Gasteiger partial charge on any atom is 0.325 e. The minimum Gasteiger partial charge on any atom is -0.480 e. The number of rotatable bonds is 3. The van der Waals surface area contributed by atoms with Crippen LogP contribution in [0.1, 0.15) is 0 Å². The maximum absolute atomic E-state index is 9.61. The summed E-state index contributed by atoms with van der Waals surface area (Å²) in [6.07, 6.45) is 0.0219. The van der Waals surface area contributed by atoms with Gasteiger partial charge < -0.3 is 5.11 Å². The number of carboxylic acids is 1. The first-order valence-electron chi connectivity index (χ1n) is 1.79. The van der Waals surface area contributed by atoms with Crippen LogP contribution in [0.15, 0.2) is 0 Å². The van der Waals surface area contributed by atoms with E-state index >= 15 is 0 Å². The first kappa shape index (κ1) is 12.2. The molecular formula is C3H5KNO4. The van der Waals surface area contributed by atoms with Crippen LogP contribution in [0.2, 0.25) is 0 Å². The third-order valence-corrected chi connectivity index (χ3v) is 0.419. The van der Waals surface area contributed by atoms with Crippen LogP contribution in [0.5, 0.6) is 0 Å². The SMILES string of the molecule is O=CN(O)CC(=O)O.[K]. The monoisotopic (exact) mass is 158 g/mol. The third-order valence-electron chi connectivity index (χ3n) is 0.419. The molecule has 0 aliphatic rings. The van der Waals surface area contributed by atoms with Gasteiger partial charge in [0.1, 0.15) is 6.54 Å². The van der Waals surface area contributed by atoms with Gasteiger partial charge in [-0.05, 0) is 0 Å². The molecule has 1 amide bonds. The number of hydroxylamine groups is 2. The Bertz CT molecular complexity index is 106. The van der Waals surface area contributed by atoms with E-state index in [1.54, 1.807) is 0 Å². The fraction of sp³-hybridized carbons (Fsp3) is 0.333. The standard InChI is InChI=1S/C3H5NO4.K/c5-2-4(8)1-3(6)7;/h2,8H,1H2,(H,6,7);. The van der Waals surface area contributed by atoms with E-state index in [0.29, 0.717) is 0 Å². The second kappa shape index (κ2) is 6.65. The van der Waals surface area contributed by atoms with Crippen LogP contribution in [-0.2, 0) is 9.59 Å². The number of nitrogens with zero attached hydrogens (tertiary/aromatic N) is 1. The zero-order chi connectivity index (χ0) is 6.57. The minimum atomic E-state index is -1.25. The van der Waals surface area contributed by atoms with E-state index in [9.17, 15) is 9.59 Å². The van der Waals surface area contributed by atoms with Gasteiger partial charge in [0.25, 0.3) is 0 Å². The normalized spacial score (nSPS) is 7.22. The van der Waals surface area contributed by atoms with Crippen molar-refractivity contribution in [2.24, 2.45) is 0 Å². The molecule has 0 aliphatic carbocycles. The summed E-state index contributed by atoms with van der Waals surface area (Å²) in [5.41, 5.74) is 0. The summed E-state index contributed by atoms with van der Waals surface area (Å²) in [4.78, 5) is 19.1. The van der Waals surface area contributed by atoms with E-state index in [0.717, 1.165) is 0 Å². The Balaban J connectivity index is 0. The van der Waals surface area contributed by atoms with E-state index in [2.05, 4.69) is 0 Å². The Morgan fingerprint density at radius 3 is 2.22 bits per heavy atom. The van der Waals surface area contributed by atoms with Gasteiger partial charge in [-0.1, -0.05) is 0 Å². The van der Waals surface area contributed by atoms with Crippen molar-refractivity contribution in [3.05, 3.63) is 0 Å². The van der Waals surface area contributed by atoms with Crippen LogP contribution in [0.4, 0.5) is 0 Å². The van der Waals surface area contributed by atoms with E-state index in [-0.39, 0.29) is 62.9 Å². The van der Waals surface area contributed by atoms with Gasteiger partial charge in [-0.15, -0.1) is 0 Å². The summed E-state index contributed by atoms with van der Waals surface area (Å²) < 4.78 is 0. The fourth-order valence-corrected chi connectivity index (χ4v) is 0.176. The van der Waals surface area contributed by atoms with E-state index in [4.69, 9.17) is 10.3 Å². The average molecular weight is 158 g/mol. The van der Waals surface area contributed by atoms with Gasteiger partial charge in [0.2, 0.25) is 6.41 Å². The molecule has 0 saturated heterocycles. The third kappa shape index (κ3) is 8.54. The van der Waals surface area contributed by atoms with E-state index < -0.39 is 12.5 Å². The van der Waals surface area contributed by atoms with E-state index in [1.807, 2.05) is 0 Å². The molecule has 0 rings (SSSR count). The van der Waals surface area contributed by atoms with Crippen molar-refractivity contribution in [1.82, 2.24) is 5.06 Å². The molecule has 0 heterocycles. The van der Waals surface area contributed by atoms with Crippen molar-refractivity contribution in [1.29, 1.82) is 0 Å². The summed E-state index contributed by atoms with van der Waals surface area (Å²) in [6, 6.07) is 0. The molecule has 0 aromatic rings. The smallest absolute Gasteiger partial charge is 0.325 e. The van der Waals surface area contributed by atoms with Gasteiger partial charge in [-0.2, -0.15) is 0 Å². The molecule has 5 nitrogen and oxygen atoms in total. The first-order valence-corrected chi connectivity index (χ1v) is 1.79. The molecule has 2 N–H and O–H groups in total. The molecule has 6 heteroatoms. The molecule has 0 aromatic carbocycles. The summed E-state index contributed by atoms with van der Waals surface area (Å²) in [5.74, 6) is -1.25. The molecule has 9 heavy (non-hydrogen) atoms. The Hall–Kier alpha value is 0.536. The Morgan fingerprint density at radius 1 is 1.67 bits per heavy atom. The molecule has 1 radical (unpaired) electrons. The van der Waals surface area contributed by atoms with Gasteiger partial charge in [0.05, 0.1) is 0 Å². The maximum atomic E-state index is 9.61. The fourth-order valence-electron chi connectivity index (χ4n) is 0.176. The second-order valence-electron chi connectivity index (χ2n) is 1.10. The summed E-state index contributed by atoms with van der Waals surface area (Å²) in [5, 5.41) is 16.0. The van der Waals surface area contributed by atoms with Crippen LogP contribution in [0.3, 0.4) is 0 Å². The van der Waals surface area contributed by atoms with E-state index in [1.165, 1.54) is 0 Å². The molecule has 0 fully saturated rings. The molecule has 0 aliphatic heterocycles. The molecule has 47 valence electrons. The Kier molecular flexibility index (Phi) is 9.05. The first-order chi connectivity index (χ1) is 3.66. The van der Waals surface area contributed by atoms with Gasteiger partial charge in [-0.3, -0.25) is 14.8 Å². The molecule has 0 saturated carbocycles. The summed E-state index contributed by atoms with van der Waals surface area (Å²) in [7, 11) is 0. The van der Waals surface area contributed by atoms with Gasteiger partial charge in [0, 0.05) is 51.4 Å². The number of carbonyl (C=O) groups is 2. The summed E-state index contributed by atoms with van der Waals surface area (Å²) >= 11 is 0. The molecule has 0 atom stereocenters. The number of hydrogen-bond donors (Lipinski definition) is 2. The number of aliphatic carboxylic acids is 1. The zero-order valence-electron chi connectivity index (χ0n) is 4.94. The van der Waals surface area contributed by atoms with Crippen molar-refractivity contribution in [2.45, 2.75) is 0 Å². The minimum absolute atomic E-state index is 0. The number of carboxylic acid groups (broad SMARTS) is 1. The van der Waals surface area contributed by atoms with Crippen molar-refractivity contribution >= 4 is 63.8 Å². The predicted molar refractivity (Wildman–Crippen MR) is 27.9 cm³/mol. The van der Waals surface area contributed by atoms with Crippen molar-refractivity contribution in [3.63, 3.8) is 0 Å². The molecular weight excluding hydrogens is 153 g/mol. The molecule has 0 spiro atoms. The quantitative estimate of drug-likeness (QED) is 0.228. The molecule has 0 bridgehead atoms. The topological polar surface area (TPSA) is 77.8 Å². The van der Waals surface area contributed by atoms with Gasteiger partial charge in [0.15, 0.2) is 0 Å². The van der Waals surface area contributed by atoms with Crippen molar-refractivity contribution in [2.75, 3.05) is 6.54 Å². The van der Waals surface area contributed by atoms with Crippen molar-refractivity contribution in [3.8, 4) is 0 Å². The van der Waals surface area contributed by atoms with Crippen LogP contribution in [0.25, 0.3) is 0 Å². The number of carbonyl (C=O) groups excluding carboxylic acids is 1. The van der Waals surface area contributed by atoms with Crippen LogP contribution in [-0.4, -0.2) is 85.7 Å². The average Bonchev–Trinajstić information content (AvgIpc) is 1.65. The van der Waals surface area contributed by atoms with Gasteiger partial charge >= 0.3 is 5.97 Å². The zero-order valence-corrected chi connectivity index (χ0v) is 8.07. The van der Waals surface area contributed by atoms with Crippen LogP contribution < -0.4 is 0 Å². The van der Waals surface area contributed by atoms with Gasteiger partial charge in [-0.25, -0.2) is 5.06 Å². The van der Waals surface area contributed by atoms with Crippen LogP contribution >= 0.6 is 0 Å². The van der Waals surface area contributed by atoms with Crippen molar-refractivity contribution < 1.29 is 19.9 Å².